The number of alkyl halides is 3. The summed E-state index contributed by atoms with van der Waals surface area (Å²) in [5, 5.41) is 10.9. The number of halogens is 4. The van der Waals surface area contributed by atoms with Gasteiger partial charge in [0.05, 0.1) is 16.5 Å². The fourth-order valence-electron chi connectivity index (χ4n) is 4.43. The van der Waals surface area contributed by atoms with Crippen LogP contribution in [-0.2, 0) is 12.7 Å². The lowest BCUT2D eigenvalue weighted by molar-refractivity contribution is -0.152. The number of phenols is 1. The minimum atomic E-state index is -4.93. The van der Waals surface area contributed by atoms with Crippen LogP contribution in [-0.4, -0.2) is 41.2 Å². The van der Waals surface area contributed by atoms with Crippen LogP contribution in [0.2, 0.25) is 5.02 Å². The van der Waals surface area contributed by atoms with Gasteiger partial charge in [0.2, 0.25) is 11.2 Å². The van der Waals surface area contributed by atoms with E-state index in [4.69, 9.17) is 16.0 Å². The molecule has 2 aromatic carbocycles. The Labute approximate surface area is 209 Å². The van der Waals surface area contributed by atoms with Gasteiger partial charge in [-0.3, -0.25) is 9.69 Å². The number of piperazine rings is 1. The molecule has 0 radical (unpaired) electrons. The standard InChI is InChI=1S/C26H21ClF3N3O3/c27-17-6-4-16(5-7-17)22-23(35)18-8-9-20(34)19(24(18)36-25(22)26(28,29)30)15-32-11-13-33(14-12-32)21-3-1-2-10-31-21/h1-10,34H,11-15H2. The van der Waals surface area contributed by atoms with Crippen LogP contribution in [0.5, 0.6) is 5.75 Å². The average Bonchev–Trinajstić information content (AvgIpc) is 2.87. The van der Waals surface area contributed by atoms with Crippen LogP contribution in [0.3, 0.4) is 0 Å². The molecular weight excluding hydrogens is 495 g/mol. The molecular formula is C26H21ClF3N3O3. The van der Waals surface area contributed by atoms with Crippen LogP contribution in [0.1, 0.15) is 11.3 Å². The summed E-state index contributed by atoms with van der Waals surface area (Å²) in [4.78, 5) is 21.8. The highest BCUT2D eigenvalue weighted by Gasteiger charge is 2.40. The third kappa shape index (κ3) is 4.64. The summed E-state index contributed by atoms with van der Waals surface area (Å²) in [7, 11) is 0. The first-order chi connectivity index (χ1) is 17.2. The maximum Gasteiger partial charge on any atom is 0.450 e. The average molecular weight is 516 g/mol. The van der Waals surface area contributed by atoms with Gasteiger partial charge in [0.15, 0.2) is 0 Å². The quantitative estimate of drug-likeness (QED) is 0.384. The van der Waals surface area contributed by atoms with Crippen molar-refractivity contribution in [1.29, 1.82) is 0 Å². The van der Waals surface area contributed by atoms with Gasteiger partial charge in [0.25, 0.3) is 0 Å². The van der Waals surface area contributed by atoms with Crippen molar-refractivity contribution in [2.45, 2.75) is 12.7 Å². The summed E-state index contributed by atoms with van der Waals surface area (Å²) < 4.78 is 47.6. The van der Waals surface area contributed by atoms with Crippen LogP contribution >= 0.6 is 11.6 Å². The van der Waals surface area contributed by atoms with Gasteiger partial charge in [0.1, 0.15) is 17.2 Å². The van der Waals surface area contributed by atoms with Crippen LogP contribution in [0.4, 0.5) is 19.0 Å². The molecule has 0 atom stereocenters. The van der Waals surface area contributed by atoms with E-state index in [9.17, 15) is 23.1 Å². The van der Waals surface area contributed by atoms with Gasteiger partial charge in [-0.25, -0.2) is 4.98 Å². The number of aromatic nitrogens is 1. The molecule has 1 saturated heterocycles. The van der Waals surface area contributed by atoms with Crippen LogP contribution in [0.25, 0.3) is 22.1 Å². The summed E-state index contributed by atoms with van der Waals surface area (Å²) in [6.45, 7) is 2.61. The molecule has 0 saturated carbocycles. The van der Waals surface area contributed by atoms with Crippen molar-refractivity contribution in [1.82, 2.24) is 9.88 Å². The summed E-state index contributed by atoms with van der Waals surface area (Å²) >= 11 is 5.88. The maximum absolute atomic E-state index is 14.1. The number of rotatable bonds is 4. The minimum absolute atomic E-state index is 0.0344. The molecule has 6 nitrogen and oxygen atoms in total. The number of fused-ring (bicyclic) bond motifs is 1. The van der Waals surface area contributed by atoms with Crippen molar-refractivity contribution in [3.8, 4) is 16.9 Å². The highest BCUT2D eigenvalue weighted by Crippen LogP contribution is 2.39. The number of hydrogen-bond donors (Lipinski definition) is 1. The first-order valence-corrected chi connectivity index (χ1v) is 11.6. The zero-order chi connectivity index (χ0) is 25.4. The van der Waals surface area contributed by atoms with Crippen LogP contribution < -0.4 is 10.3 Å². The molecule has 186 valence electrons. The Morgan fingerprint density at radius 2 is 1.72 bits per heavy atom. The molecule has 10 heteroatoms. The molecule has 5 rings (SSSR count). The Balaban J connectivity index is 1.53. The van der Waals surface area contributed by atoms with E-state index in [-0.39, 0.29) is 34.4 Å². The highest BCUT2D eigenvalue weighted by atomic mass is 35.5. The van der Waals surface area contributed by atoms with Crippen molar-refractivity contribution in [2.75, 3.05) is 31.1 Å². The fourth-order valence-corrected chi connectivity index (χ4v) is 4.56. The summed E-state index contributed by atoms with van der Waals surface area (Å²) in [6, 6.07) is 13.8. The van der Waals surface area contributed by atoms with Gasteiger partial charge in [0, 0.05) is 43.9 Å². The summed E-state index contributed by atoms with van der Waals surface area (Å²) in [5.74, 6) is -0.792. The summed E-state index contributed by atoms with van der Waals surface area (Å²) in [5.41, 5.74) is -1.50. The Bertz CT molecular complexity index is 1450. The molecule has 0 amide bonds. The zero-order valence-electron chi connectivity index (χ0n) is 18.9. The number of anilines is 1. The Morgan fingerprint density at radius 1 is 1.00 bits per heavy atom. The lowest BCUT2D eigenvalue weighted by Crippen LogP contribution is -2.46. The molecule has 1 fully saturated rings. The van der Waals surface area contributed by atoms with E-state index >= 15 is 0 Å². The molecule has 2 aromatic heterocycles. The van der Waals surface area contributed by atoms with E-state index in [0.29, 0.717) is 31.2 Å². The number of benzene rings is 2. The van der Waals surface area contributed by atoms with Gasteiger partial charge < -0.3 is 14.4 Å². The molecule has 1 aliphatic heterocycles. The number of pyridine rings is 1. The first-order valence-electron chi connectivity index (χ1n) is 11.3. The number of aromatic hydroxyl groups is 1. The topological polar surface area (TPSA) is 69.8 Å². The molecule has 1 aliphatic rings. The number of nitrogens with zero attached hydrogens (tertiary/aromatic N) is 3. The van der Waals surface area contributed by atoms with Crippen LogP contribution in [0, 0.1) is 0 Å². The SMILES string of the molecule is O=c1c(-c2ccc(Cl)cc2)c(C(F)(F)F)oc2c(CN3CCN(c4ccccn4)CC3)c(O)ccc12. The second-order valence-electron chi connectivity index (χ2n) is 8.53. The molecule has 0 spiro atoms. The van der Waals surface area contributed by atoms with E-state index in [1.54, 1.807) is 6.20 Å². The smallest absolute Gasteiger partial charge is 0.450 e. The molecule has 0 bridgehead atoms. The Hall–Kier alpha value is -3.56. The summed E-state index contributed by atoms with van der Waals surface area (Å²) in [6.07, 6.45) is -3.21. The van der Waals surface area contributed by atoms with Crippen molar-refractivity contribution in [3.63, 3.8) is 0 Å². The Morgan fingerprint density at radius 3 is 2.36 bits per heavy atom. The predicted octanol–water partition coefficient (Wildman–Crippen LogP) is 5.56. The van der Waals surface area contributed by atoms with Gasteiger partial charge in [-0.2, -0.15) is 13.2 Å². The lowest BCUT2D eigenvalue weighted by Gasteiger charge is -2.35. The first kappa shape index (κ1) is 24.1. The van der Waals surface area contributed by atoms with E-state index < -0.39 is 22.9 Å². The third-order valence-electron chi connectivity index (χ3n) is 6.26. The van der Waals surface area contributed by atoms with Gasteiger partial charge in [-0.1, -0.05) is 29.8 Å². The predicted molar refractivity (Wildman–Crippen MR) is 131 cm³/mol. The van der Waals surface area contributed by atoms with Crippen molar-refractivity contribution < 1.29 is 22.7 Å². The zero-order valence-corrected chi connectivity index (χ0v) is 19.7. The van der Waals surface area contributed by atoms with Crippen molar-refractivity contribution in [3.05, 3.63) is 87.4 Å². The fraction of sp³-hybridized carbons (Fsp3) is 0.231. The van der Waals surface area contributed by atoms with Gasteiger partial charge >= 0.3 is 6.18 Å². The maximum atomic E-state index is 14.1. The lowest BCUT2D eigenvalue weighted by atomic mass is 10.00. The largest absolute Gasteiger partial charge is 0.507 e. The van der Waals surface area contributed by atoms with E-state index in [1.165, 1.54) is 36.4 Å². The number of phenolic OH excluding ortho intramolecular Hbond substituents is 1. The van der Waals surface area contributed by atoms with Crippen LogP contribution in [0.15, 0.2) is 70.0 Å². The van der Waals surface area contributed by atoms with E-state index in [2.05, 4.69) is 9.88 Å². The molecule has 1 N–H and O–H groups in total. The minimum Gasteiger partial charge on any atom is -0.507 e. The Kier molecular flexibility index (Phi) is 6.36. The molecule has 3 heterocycles. The van der Waals surface area contributed by atoms with Gasteiger partial charge in [-0.15, -0.1) is 0 Å². The van der Waals surface area contributed by atoms with E-state index in [0.717, 1.165) is 5.82 Å². The molecule has 0 unspecified atom stereocenters. The second kappa shape index (κ2) is 9.48. The van der Waals surface area contributed by atoms with E-state index in [1.807, 2.05) is 23.1 Å². The third-order valence-corrected chi connectivity index (χ3v) is 6.51. The molecule has 4 aromatic rings. The van der Waals surface area contributed by atoms with Crippen molar-refractivity contribution >= 4 is 28.4 Å². The number of hydrogen-bond acceptors (Lipinski definition) is 6. The monoisotopic (exact) mass is 515 g/mol. The molecule has 0 aliphatic carbocycles. The molecule has 36 heavy (non-hydrogen) atoms. The second-order valence-corrected chi connectivity index (χ2v) is 8.97. The normalized spacial score (nSPS) is 14.9. The van der Waals surface area contributed by atoms with Crippen molar-refractivity contribution in [2.24, 2.45) is 0 Å². The van der Waals surface area contributed by atoms with Gasteiger partial charge in [-0.05, 0) is 42.0 Å². The highest BCUT2D eigenvalue weighted by molar-refractivity contribution is 6.30.